The molecule has 17 heavy (non-hydrogen) atoms. The topological polar surface area (TPSA) is 23.5 Å². The number of rotatable bonds is 3. The Balaban J connectivity index is 1.68. The summed E-state index contributed by atoms with van der Waals surface area (Å²) in [6, 6.07) is 10.6. The van der Waals surface area contributed by atoms with E-state index < -0.39 is 0 Å². The molecule has 3 rings (SSSR count). The molecule has 1 atom stereocenters. The van der Waals surface area contributed by atoms with Gasteiger partial charge in [0.2, 0.25) is 0 Å². The molecule has 1 N–H and O–H groups in total. The summed E-state index contributed by atoms with van der Waals surface area (Å²) in [5.41, 5.74) is 1.87. The average molecular weight is 231 g/mol. The molecule has 2 aliphatic rings. The first-order chi connectivity index (χ1) is 8.33. The smallest absolute Gasteiger partial charge is 0.0628 e. The minimum atomic E-state index is 0.211. The summed E-state index contributed by atoms with van der Waals surface area (Å²) in [6.07, 6.45) is 5.61. The standard InChI is InChI=1S/C15H21NO/c17-10-14(13-6-2-1-3-7-13)16-11-15(12-16)8-4-5-9-15/h1-3,6-7,14,17H,4-5,8-12H2/t14-/m0/s1. The summed E-state index contributed by atoms with van der Waals surface area (Å²) in [5.74, 6) is 0. The summed E-state index contributed by atoms with van der Waals surface area (Å²) >= 11 is 0. The molecular weight excluding hydrogens is 210 g/mol. The van der Waals surface area contributed by atoms with E-state index in [0.717, 1.165) is 0 Å². The zero-order valence-corrected chi connectivity index (χ0v) is 10.3. The van der Waals surface area contributed by atoms with Crippen LogP contribution in [0.5, 0.6) is 0 Å². The lowest BCUT2D eigenvalue weighted by Crippen LogP contribution is -2.56. The fraction of sp³-hybridized carbons (Fsp3) is 0.600. The number of aliphatic hydroxyl groups excluding tert-OH is 1. The van der Waals surface area contributed by atoms with Crippen molar-refractivity contribution < 1.29 is 5.11 Å². The number of benzene rings is 1. The van der Waals surface area contributed by atoms with Gasteiger partial charge in [-0.05, 0) is 23.8 Å². The van der Waals surface area contributed by atoms with Crippen LogP contribution in [0.4, 0.5) is 0 Å². The van der Waals surface area contributed by atoms with E-state index in [1.807, 2.05) is 6.07 Å². The second-order valence-corrected chi connectivity index (χ2v) is 5.72. The zero-order chi connectivity index (χ0) is 11.7. The van der Waals surface area contributed by atoms with E-state index in [2.05, 4.69) is 29.2 Å². The molecule has 0 unspecified atom stereocenters. The number of nitrogens with zero attached hydrogens (tertiary/aromatic N) is 1. The highest BCUT2D eigenvalue weighted by atomic mass is 16.3. The Bertz CT molecular complexity index is 362. The molecule has 1 spiro atoms. The zero-order valence-electron chi connectivity index (χ0n) is 10.3. The molecule has 0 radical (unpaired) electrons. The Morgan fingerprint density at radius 2 is 1.76 bits per heavy atom. The molecule has 92 valence electrons. The van der Waals surface area contributed by atoms with Crippen molar-refractivity contribution in [1.29, 1.82) is 0 Å². The number of hydrogen-bond acceptors (Lipinski definition) is 2. The maximum Gasteiger partial charge on any atom is 0.0628 e. The largest absolute Gasteiger partial charge is 0.394 e. The first kappa shape index (κ1) is 11.2. The average Bonchev–Trinajstić information content (AvgIpc) is 2.80. The van der Waals surface area contributed by atoms with Crippen molar-refractivity contribution in [1.82, 2.24) is 4.90 Å². The Morgan fingerprint density at radius 1 is 1.12 bits per heavy atom. The first-order valence-corrected chi connectivity index (χ1v) is 6.73. The van der Waals surface area contributed by atoms with E-state index in [9.17, 15) is 5.11 Å². The second-order valence-electron chi connectivity index (χ2n) is 5.72. The van der Waals surface area contributed by atoms with Gasteiger partial charge in [-0.15, -0.1) is 0 Å². The molecule has 2 fully saturated rings. The van der Waals surface area contributed by atoms with Gasteiger partial charge in [-0.1, -0.05) is 43.2 Å². The molecule has 1 aliphatic heterocycles. The monoisotopic (exact) mass is 231 g/mol. The predicted octanol–water partition coefficient (Wildman–Crippen LogP) is 2.60. The highest BCUT2D eigenvalue weighted by Gasteiger charge is 2.46. The molecule has 2 nitrogen and oxygen atoms in total. The summed E-state index contributed by atoms with van der Waals surface area (Å²) in [5, 5.41) is 9.60. The van der Waals surface area contributed by atoms with Gasteiger partial charge in [0, 0.05) is 13.1 Å². The van der Waals surface area contributed by atoms with Gasteiger partial charge in [-0.25, -0.2) is 0 Å². The molecule has 1 heterocycles. The molecule has 1 aromatic rings. The Hall–Kier alpha value is -0.860. The lowest BCUT2D eigenvalue weighted by atomic mass is 9.77. The fourth-order valence-corrected chi connectivity index (χ4v) is 3.58. The van der Waals surface area contributed by atoms with Crippen LogP contribution in [0.25, 0.3) is 0 Å². The molecule has 0 amide bonds. The van der Waals surface area contributed by atoms with E-state index in [1.54, 1.807) is 0 Å². The van der Waals surface area contributed by atoms with E-state index in [-0.39, 0.29) is 12.6 Å². The van der Waals surface area contributed by atoms with E-state index in [4.69, 9.17) is 0 Å². The van der Waals surface area contributed by atoms with Crippen molar-refractivity contribution in [2.24, 2.45) is 5.41 Å². The summed E-state index contributed by atoms with van der Waals surface area (Å²) in [4.78, 5) is 2.45. The molecule has 1 aliphatic carbocycles. The van der Waals surface area contributed by atoms with Gasteiger partial charge in [0.25, 0.3) is 0 Å². The van der Waals surface area contributed by atoms with Crippen molar-refractivity contribution >= 4 is 0 Å². The molecule has 0 aromatic heterocycles. The SMILES string of the molecule is OC[C@@H](c1ccccc1)N1CC2(CCCC2)C1. The maximum absolute atomic E-state index is 9.60. The van der Waals surface area contributed by atoms with Gasteiger partial charge in [-0.2, -0.15) is 0 Å². The Kier molecular flexibility index (Phi) is 2.93. The summed E-state index contributed by atoms with van der Waals surface area (Å²) in [7, 11) is 0. The van der Waals surface area contributed by atoms with E-state index >= 15 is 0 Å². The third-order valence-electron chi connectivity index (χ3n) is 4.54. The molecule has 1 saturated heterocycles. The van der Waals surface area contributed by atoms with Crippen molar-refractivity contribution in [3.63, 3.8) is 0 Å². The van der Waals surface area contributed by atoms with Crippen LogP contribution in [0.3, 0.4) is 0 Å². The van der Waals surface area contributed by atoms with Gasteiger partial charge >= 0.3 is 0 Å². The van der Waals surface area contributed by atoms with Gasteiger partial charge in [0.1, 0.15) is 0 Å². The van der Waals surface area contributed by atoms with Gasteiger partial charge in [0.05, 0.1) is 12.6 Å². The van der Waals surface area contributed by atoms with Crippen LogP contribution in [0.1, 0.15) is 37.3 Å². The summed E-state index contributed by atoms with van der Waals surface area (Å²) < 4.78 is 0. The lowest BCUT2D eigenvalue weighted by molar-refractivity contribution is -0.0433. The minimum Gasteiger partial charge on any atom is -0.394 e. The molecular formula is C15H21NO. The Morgan fingerprint density at radius 3 is 2.35 bits per heavy atom. The summed E-state index contributed by atoms with van der Waals surface area (Å²) in [6.45, 7) is 2.61. The van der Waals surface area contributed by atoms with Crippen LogP contribution in [-0.4, -0.2) is 29.7 Å². The predicted molar refractivity (Wildman–Crippen MR) is 68.7 cm³/mol. The van der Waals surface area contributed by atoms with Crippen LogP contribution in [-0.2, 0) is 0 Å². The van der Waals surface area contributed by atoms with Crippen LogP contribution >= 0.6 is 0 Å². The third kappa shape index (κ3) is 2.00. The molecule has 1 saturated carbocycles. The maximum atomic E-state index is 9.60. The number of hydrogen-bond donors (Lipinski definition) is 1. The quantitative estimate of drug-likeness (QED) is 0.864. The highest BCUT2D eigenvalue weighted by molar-refractivity contribution is 5.20. The molecule has 1 aromatic carbocycles. The second kappa shape index (κ2) is 4.43. The van der Waals surface area contributed by atoms with E-state index in [1.165, 1.54) is 44.3 Å². The first-order valence-electron chi connectivity index (χ1n) is 6.73. The van der Waals surface area contributed by atoms with Crippen molar-refractivity contribution in [3.05, 3.63) is 35.9 Å². The fourth-order valence-electron chi connectivity index (χ4n) is 3.58. The lowest BCUT2D eigenvalue weighted by Gasteiger charge is -2.51. The van der Waals surface area contributed by atoms with Crippen molar-refractivity contribution in [2.75, 3.05) is 19.7 Å². The van der Waals surface area contributed by atoms with Crippen LogP contribution in [0.15, 0.2) is 30.3 Å². The molecule has 0 bridgehead atoms. The van der Waals surface area contributed by atoms with Crippen LogP contribution in [0, 0.1) is 5.41 Å². The number of likely N-dealkylation sites (tertiary alicyclic amines) is 1. The van der Waals surface area contributed by atoms with Gasteiger partial charge in [0.15, 0.2) is 0 Å². The molecule has 2 heteroatoms. The minimum absolute atomic E-state index is 0.211. The van der Waals surface area contributed by atoms with Crippen molar-refractivity contribution in [2.45, 2.75) is 31.7 Å². The van der Waals surface area contributed by atoms with Gasteiger partial charge < -0.3 is 5.11 Å². The highest BCUT2D eigenvalue weighted by Crippen LogP contribution is 2.47. The normalized spacial score (nSPS) is 24.8. The van der Waals surface area contributed by atoms with Gasteiger partial charge in [-0.3, -0.25) is 4.90 Å². The van der Waals surface area contributed by atoms with Crippen molar-refractivity contribution in [3.8, 4) is 0 Å². The van der Waals surface area contributed by atoms with Crippen LogP contribution in [0.2, 0.25) is 0 Å². The van der Waals surface area contributed by atoms with E-state index in [0.29, 0.717) is 5.41 Å². The number of aliphatic hydroxyl groups is 1. The Labute approximate surface area is 103 Å². The van der Waals surface area contributed by atoms with Crippen LogP contribution < -0.4 is 0 Å². The third-order valence-corrected chi connectivity index (χ3v) is 4.54.